The van der Waals surface area contributed by atoms with Gasteiger partial charge < -0.3 is 10.2 Å². The predicted molar refractivity (Wildman–Crippen MR) is 110 cm³/mol. The number of benzene rings is 3. The Labute approximate surface area is 175 Å². The van der Waals surface area contributed by atoms with Gasteiger partial charge in [-0.1, -0.05) is 24.3 Å². The Balaban J connectivity index is 1.83. The molecular weight excluding hydrogens is 427 g/mol. The topological polar surface area (TPSA) is 137 Å². The summed E-state index contributed by atoms with van der Waals surface area (Å²) in [6.07, 6.45) is 0. The van der Waals surface area contributed by atoms with Crippen LogP contribution in [0.5, 0.6) is 11.6 Å². The van der Waals surface area contributed by atoms with Crippen LogP contribution in [-0.4, -0.2) is 33.0 Å². The summed E-state index contributed by atoms with van der Waals surface area (Å²) in [6.45, 7) is 1.58. The van der Waals surface area contributed by atoms with Crippen LogP contribution in [0.2, 0.25) is 0 Å². The van der Waals surface area contributed by atoms with Crippen molar-refractivity contribution in [2.24, 2.45) is 10.2 Å². The molecule has 0 atom stereocenters. The van der Waals surface area contributed by atoms with E-state index in [4.69, 9.17) is 0 Å². The van der Waals surface area contributed by atoms with E-state index < -0.39 is 26.6 Å². The number of hydrogen-bond donors (Lipinski definition) is 3. The number of aromatic hydroxyl groups is 2. The minimum absolute atomic E-state index is 0.00617. The second-order valence-corrected chi connectivity index (χ2v) is 8.00. The van der Waals surface area contributed by atoms with Crippen LogP contribution in [0, 0.1) is 12.7 Å². The highest BCUT2D eigenvalue weighted by Gasteiger charge is 2.20. The quantitative estimate of drug-likeness (QED) is 0.313. The van der Waals surface area contributed by atoms with Gasteiger partial charge in [0.1, 0.15) is 22.1 Å². The van der Waals surface area contributed by atoms with Crippen LogP contribution >= 0.6 is 0 Å². The molecule has 0 aliphatic heterocycles. The van der Waals surface area contributed by atoms with Crippen LogP contribution in [0.25, 0.3) is 16.5 Å². The molecule has 3 N–H and O–H groups in total. The summed E-state index contributed by atoms with van der Waals surface area (Å²) in [4.78, 5) is -0.470. The van der Waals surface area contributed by atoms with E-state index in [1.54, 1.807) is 19.1 Å². The fourth-order valence-corrected chi connectivity index (χ4v) is 3.83. The van der Waals surface area contributed by atoms with E-state index >= 15 is 0 Å². The van der Waals surface area contributed by atoms with Crippen LogP contribution in [0.1, 0.15) is 5.69 Å². The van der Waals surface area contributed by atoms with Gasteiger partial charge in [0.25, 0.3) is 10.1 Å². The smallest absolute Gasteiger partial charge is 0.295 e. The lowest BCUT2D eigenvalue weighted by Crippen LogP contribution is -1.99. The highest BCUT2D eigenvalue weighted by molar-refractivity contribution is 7.86. The fourth-order valence-electron chi connectivity index (χ4n) is 3.12. The highest BCUT2D eigenvalue weighted by Crippen LogP contribution is 2.41. The molecule has 0 radical (unpaired) electrons. The first kappa shape index (κ1) is 20.4. The molecular formula is C20H15FN4O5S. The summed E-state index contributed by atoms with van der Waals surface area (Å²) in [5.41, 5.74) is 0.654. The highest BCUT2D eigenvalue weighted by atomic mass is 32.2. The number of hydrogen-bond acceptors (Lipinski definition) is 7. The van der Waals surface area contributed by atoms with Crippen LogP contribution in [0.4, 0.5) is 15.8 Å². The monoisotopic (exact) mass is 442 g/mol. The fraction of sp³-hybridized carbons (Fsp3) is 0.0500. The van der Waals surface area contributed by atoms with E-state index in [0.29, 0.717) is 11.4 Å². The number of halogens is 1. The van der Waals surface area contributed by atoms with E-state index in [-0.39, 0.29) is 28.0 Å². The number of aromatic nitrogens is 2. The maximum Gasteiger partial charge on any atom is 0.295 e. The molecule has 0 fully saturated rings. The molecule has 0 amide bonds. The van der Waals surface area contributed by atoms with Gasteiger partial charge in [-0.3, -0.25) is 4.55 Å². The van der Waals surface area contributed by atoms with Gasteiger partial charge in [-0.15, -0.1) is 10.2 Å². The van der Waals surface area contributed by atoms with E-state index in [2.05, 4.69) is 15.3 Å². The molecule has 0 saturated heterocycles. The third-order valence-corrected chi connectivity index (χ3v) is 5.46. The van der Waals surface area contributed by atoms with E-state index in [1.807, 2.05) is 0 Å². The maximum atomic E-state index is 13.2. The summed E-state index contributed by atoms with van der Waals surface area (Å²) in [5, 5.41) is 33.4. The van der Waals surface area contributed by atoms with Crippen molar-refractivity contribution in [1.29, 1.82) is 0 Å². The molecule has 0 aliphatic rings. The van der Waals surface area contributed by atoms with Gasteiger partial charge in [0.15, 0.2) is 5.69 Å². The predicted octanol–water partition coefficient (Wildman–Crippen LogP) is 4.55. The Hall–Kier alpha value is -3.83. The number of phenols is 1. The van der Waals surface area contributed by atoms with Crippen molar-refractivity contribution in [3.8, 4) is 17.3 Å². The molecule has 0 bridgehead atoms. The molecule has 158 valence electrons. The minimum Gasteiger partial charge on any atom is -0.506 e. The lowest BCUT2D eigenvalue weighted by molar-refractivity contribution is 0.434. The third kappa shape index (κ3) is 3.71. The molecule has 9 nitrogen and oxygen atoms in total. The third-order valence-electron chi connectivity index (χ3n) is 4.56. The molecule has 3 aromatic carbocycles. The van der Waals surface area contributed by atoms with Gasteiger partial charge in [-0.2, -0.15) is 18.2 Å². The normalized spacial score (nSPS) is 12.1. The summed E-state index contributed by atoms with van der Waals surface area (Å²) in [6, 6.07) is 12.3. The molecule has 0 unspecified atom stereocenters. The van der Waals surface area contributed by atoms with Crippen molar-refractivity contribution in [3.05, 3.63) is 66.1 Å². The maximum absolute atomic E-state index is 13.2. The second kappa shape index (κ2) is 7.45. The van der Waals surface area contributed by atoms with Gasteiger partial charge in [0.2, 0.25) is 5.88 Å². The summed E-state index contributed by atoms with van der Waals surface area (Å²) in [7, 11) is -4.59. The van der Waals surface area contributed by atoms with E-state index in [1.165, 1.54) is 36.4 Å². The Morgan fingerprint density at radius 1 is 0.968 bits per heavy atom. The van der Waals surface area contributed by atoms with Gasteiger partial charge in [-0.05, 0) is 31.2 Å². The van der Waals surface area contributed by atoms with E-state index in [0.717, 1.165) is 10.7 Å². The number of azo groups is 1. The molecule has 4 rings (SSSR count). The SMILES string of the molecule is Cc1nn(-c2ccc(F)cc2)c(O)c1N=Nc1c(O)cc(S(=O)(=O)O)c2ccccc12. The zero-order valence-corrected chi connectivity index (χ0v) is 16.7. The van der Waals surface area contributed by atoms with Crippen LogP contribution < -0.4 is 0 Å². The van der Waals surface area contributed by atoms with Crippen molar-refractivity contribution < 1.29 is 27.6 Å². The summed E-state index contributed by atoms with van der Waals surface area (Å²) >= 11 is 0. The van der Waals surface area contributed by atoms with Crippen LogP contribution in [-0.2, 0) is 10.1 Å². The number of aryl methyl sites for hydroxylation is 1. The lowest BCUT2D eigenvalue weighted by atomic mass is 10.1. The Bertz CT molecular complexity index is 1450. The largest absolute Gasteiger partial charge is 0.506 e. The average molecular weight is 442 g/mol. The van der Waals surface area contributed by atoms with Gasteiger partial charge in [0, 0.05) is 16.8 Å². The molecule has 0 saturated carbocycles. The van der Waals surface area contributed by atoms with Crippen LogP contribution in [0.3, 0.4) is 0 Å². The first-order chi connectivity index (χ1) is 14.7. The van der Waals surface area contributed by atoms with Crippen molar-refractivity contribution in [2.75, 3.05) is 0 Å². The Morgan fingerprint density at radius 2 is 1.58 bits per heavy atom. The molecule has 1 heterocycles. The summed E-state index contributed by atoms with van der Waals surface area (Å²) in [5.74, 6) is -1.33. The standard InChI is InChI=1S/C20H15FN4O5S/c1-11-18(20(27)25(24-11)13-8-6-12(21)7-9-13)22-23-19-15-5-3-2-4-14(15)17(10-16(19)26)31(28,29)30/h2-10,26-27H,1H3,(H,28,29,30). The summed E-state index contributed by atoms with van der Waals surface area (Å²) < 4.78 is 47.1. The molecule has 4 aromatic rings. The molecule has 1 aromatic heterocycles. The lowest BCUT2D eigenvalue weighted by Gasteiger charge is -2.08. The number of rotatable bonds is 4. The van der Waals surface area contributed by atoms with Crippen molar-refractivity contribution in [3.63, 3.8) is 0 Å². The zero-order valence-electron chi connectivity index (χ0n) is 15.9. The molecule has 31 heavy (non-hydrogen) atoms. The van der Waals surface area contributed by atoms with Gasteiger partial charge >= 0.3 is 0 Å². The van der Waals surface area contributed by atoms with Crippen molar-refractivity contribution in [1.82, 2.24) is 9.78 Å². The van der Waals surface area contributed by atoms with Crippen molar-refractivity contribution >= 4 is 32.3 Å². The van der Waals surface area contributed by atoms with E-state index in [9.17, 15) is 27.6 Å². The Kier molecular flexibility index (Phi) is 4.91. The zero-order chi connectivity index (χ0) is 22.3. The van der Waals surface area contributed by atoms with Gasteiger partial charge in [0.05, 0.1) is 11.4 Å². The van der Waals surface area contributed by atoms with Crippen molar-refractivity contribution in [2.45, 2.75) is 11.8 Å². The first-order valence-corrected chi connectivity index (χ1v) is 10.3. The number of phenolic OH excluding ortho intramolecular Hbond substituents is 1. The molecule has 0 spiro atoms. The van der Waals surface area contributed by atoms with Gasteiger partial charge in [-0.25, -0.2) is 4.39 Å². The average Bonchev–Trinajstić information content (AvgIpc) is 3.00. The van der Waals surface area contributed by atoms with Crippen LogP contribution in [0.15, 0.2) is 69.7 Å². The minimum atomic E-state index is -4.59. The molecule has 11 heteroatoms. The second-order valence-electron chi connectivity index (χ2n) is 6.61. The Morgan fingerprint density at radius 3 is 2.23 bits per heavy atom. The number of nitrogens with zero attached hydrogens (tertiary/aromatic N) is 4. The first-order valence-electron chi connectivity index (χ1n) is 8.85. The number of fused-ring (bicyclic) bond motifs is 1. The molecule has 0 aliphatic carbocycles.